The third kappa shape index (κ3) is 5.04. The number of rotatable bonds is 6. The number of halogens is 2. The molecule has 1 aromatic heterocycles. The number of pyridine rings is 1. The maximum Gasteiger partial charge on any atom is 0.253 e. The van der Waals surface area contributed by atoms with E-state index in [-0.39, 0.29) is 11.7 Å². The molecule has 4 nitrogen and oxygen atoms in total. The fraction of sp³-hybridized carbons (Fsp3) is 0.100. The highest BCUT2D eigenvalue weighted by atomic mass is 35.5. The maximum atomic E-state index is 12.9. The van der Waals surface area contributed by atoms with Gasteiger partial charge < -0.3 is 10.6 Å². The number of carbonyl (C=O) groups is 1. The Morgan fingerprint density at radius 2 is 1.58 bits per heavy atom. The molecule has 2 aromatic carbocycles. The van der Waals surface area contributed by atoms with E-state index in [1.807, 2.05) is 24.3 Å². The standard InChI is InChI=1S/C20H17ClFN3O/c21-17-6-1-14(2-7-17)11-23-19-10-5-16(13-24-19)20(26)25-12-15-3-8-18(22)9-4-15/h1-10,13H,11-12H2,(H,23,24)(H,25,26). The van der Waals surface area contributed by atoms with Crippen molar-refractivity contribution in [2.45, 2.75) is 13.1 Å². The summed E-state index contributed by atoms with van der Waals surface area (Å²) < 4.78 is 12.9. The highest BCUT2D eigenvalue weighted by Crippen LogP contribution is 2.12. The van der Waals surface area contributed by atoms with Crippen molar-refractivity contribution in [1.82, 2.24) is 10.3 Å². The molecule has 0 bridgehead atoms. The Labute approximate surface area is 156 Å². The molecule has 2 N–H and O–H groups in total. The van der Waals surface area contributed by atoms with Crippen LogP contribution in [0.3, 0.4) is 0 Å². The largest absolute Gasteiger partial charge is 0.366 e. The van der Waals surface area contributed by atoms with Crippen molar-refractivity contribution in [3.63, 3.8) is 0 Å². The Balaban J connectivity index is 1.52. The van der Waals surface area contributed by atoms with Crippen LogP contribution in [0.25, 0.3) is 0 Å². The summed E-state index contributed by atoms with van der Waals surface area (Å²) in [7, 11) is 0. The fourth-order valence-electron chi connectivity index (χ4n) is 2.31. The average Bonchev–Trinajstić information content (AvgIpc) is 2.67. The molecular weight excluding hydrogens is 353 g/mol. The van der Waals surface area contributed by atoms with Gasteiger partial charge in [-0.3, -0.25) is 4.79 Å². The Morgan fingerprint density at radius 3 is 2.23 bits per heavy atom. The van der Waals surface area contributed by atoms with E-state index in [0.717, 1.165) is 11.1 Å². The van der Waals surface area contributed by atoms with Gasteiger partial charge in [0.15, 0.2) is 0 Å². The Hall–Kier alpha value is -2.92. The number of amides is 1. The summed E-state index contributed by atoms with van der Waals surface area (Å²) in [5.74, 6) is 0.145. The molecule has 0 unspecified atom stereocenters. The van der Waals surface area contributed by atoms with Crippen molar-refractivity contribution in [2.75, 3.05) is 5.32 Å². The van der Waals surface area contributed by atoms with Crippen molar-refractivity contribution in [2.24, 2.45) is 0 Å². The van der Waals surface area contributed by atoms with E-state index < -0.39 is 0 Å². The molecular formula is C20H17ClFN3O. The van der Waals surface area contributed by atoms with Gasteiger partial charge in [0.2, 0.25) is 0 Å². The van der Waals surface area contributed by atoms with Crippen LogP contribution in [0.5, 0.6) is 0 Å². The normalized spacial score (nSPS) is 10.4. The lowest BCUT2D eigenvalue weighted by atomic mass is 10.2. The van der Waals surface area contributed by atoms with Gasteiger partial charge in [0, 0.05) is 24.3 Å². The first kappa shape index (κ1) is 17.9. The predicted octanol–water partition coefficient (Wildman–Crippen LogP) is 4.42. The number of benzene rings is 2. The smallest absolute Gasteiger partial charge is 0.253 e. The molecule has 26 heavy (non-hydrogen) atoms. The molecule has 0 aliphatic carbocycles. The summed E-state index contributed by atoms with van der Waals surface area (Å²) in [6.07, 6.45) is 1.52. The third-order valence-corrected chi connectivity index (χ3v) is 4.03. The Bertz CT molecular complexity index is 865. The van der Waals surface area contributed by atoms with Crippen LogP contribution in [-0.2, 0) is 13.1 Å². The van der Waals surface area contributed by atoms with E-state index >= 15 is 0 Å². The van der Waals surface area contributed by atoms with Gasteiger partial charge in [-0.2, -0.15) is 0 Å². The highest BCUT2D eigenvalue weighted by Gasteiger charge is 2.06. The first-order chi connectivity index (χ1) is 12.6. The van der Waals surface area contributed by atoms with Crippen molar-refractivity contribution in [3.05, 3.63) is 94.4 Å². The molecule has 0 saturated carbocycles. The lowest BCUT2D eigenvalue weighted by Crippen LogP contribution is -2.22. The Morgan fingerprint density at radius 1 is 0.923 bits per heavy atom. The van der Waals surface area contributed by atoms with Gasteiger partial charge in [0.1, 0.15) is 11.6 Å². The van der Waals surface area contributed by atoms with Crippen molar-refractivity contribution in [3.8, 4) is 0 Å². The number of nitrogens with zero attached hydrogens (tertiary/aromatic N) is 1. The third-order valence-electron chi connectivity index (χ3n) is 3.78. The van der Waals surface area contributed by atoms with Gasteiger partial charge in [-0.25, -0.2) is 9.37 Å². The molecule has 0 fully saturated rings. The van der Waals surface area contributed by atoms with Crippen LogP contribution >= 0.6 is 11.6 Å². The number of aromatic nitrogens is 1. The van der Waals surface area contributed by atoms with Crippen LogP contribution in [0.1, 0.15) is 21.5 Å². The molecule has 0 atom stereocenters. The van der Waals surface area contributed by atoms with Crippen LogP contribution in [0.2, 0.25) is 5.02 Å². The van der Waals surface area contributed by atoms with Crippen LogP contribution in [0, 0.1) is 5.82 Å². The second kappa shape index (κ2) is 8.45. The van der Waals surface area contributed by atoms with E-state index in [9.17, 15) is 9.18 Å². The number of carbonyl (C=O) groups excluding carboxylic acids is 1. The monoisotopic (exact) mass is 369 g/mol. The number of hydrogen-bond donors (Lipinski definition) is 2. The molecule has 0 spiro atoms. The van der Waals surface area contributed by atoms with Gasteiger partial charge in [-0.15, -0.1) is 0 Å². The van der Waals surface area contributed by atoms with E-state index in [2.05, 4.69) is 15.6 Å². The zero-order valence-electron chi connectivity index (χ0n) is 13.9. The van der Waals surface area contributed by atoms with Crippen LogP contribution in [-0.4, -0.2) is 10.9 Å². The topological polar surface area (TPSA) is 54.0 Å². The van der Waals surface area contributed by atoms with Crippen LogP contribution < -0.4 is 10.6 Å². The molecule has 1 heterocycles. The molecule has 0 aliphatic rings. The minimum atomic E-state index is -0.300. The number of hydrogen-bond acceptors (Lipinski definition) is 3. The van der Waals surface area contributed by atoms with Gasteiger partial charge in [0.05, 0.1) is 5.56 Å². The molecule has 1 amide bonds. The summed E-state index contributed by atoms with van der Waals surface area (Å²) in [5, 5.41) is 6.67. The van der Waals surface area contributed by atoms with Crippen molar-refractivity contribution in [1.29, 1.82) is 0 Å². The number of anilines is 1. The van der Waals surface area contributed by atoms with Gasteiger partial charge >= 0.3 is 0 Å². The van der Waals surface area contributed by atoms with E-state index in [1.54, 1.807) is 24.3 Å². The van der Waals surface area contributed by atoms with E-state index in [0.29, 0.717) is 29.5 Å². The van der Waals surface area contributed by atoms with Crippen molar-refractivity contribution < 1.29 is 9.18 Å². The lowest BCUT2D eigenvalue weighted by Gasteiger charge is -2.08. The SMILES string of the molecule is O=C(NCc1ccc(F)cc1)c1ccc(NCc2ccc(Cl)cc2)nc1. The zero-order valence-corrected chi connectivity index (χ0v) is 14.6. The molecule has 3 aromatic rings. The Kier molecular flexibility index (Phi) is 5.81. The second-order valence-electron chi connectivity index (χ2n) is 5.72. The first-order valence-corrected chi connectivity index (χ1v) is 8.45. The van der Waals surface area contributed by atoms with Crippen LogP contribution in [0.15, 0.2) is 66.9 Å². The molecule has 3 rings (SSSR count). The van der Waals surface area contributed by atoms with Crippen molar-refractivity contribution >= 4 is 23.3 Å². The second-order valence-corrected chi connectivity index (χ2v) is 6.16. The molecule has 132 valence electrons. The summed E-state index contributed by atoms with van der Waals surface area (Å²) in [5.41, 5.74) is 2.37. The average molecular weight is 370 g/mol. The van der Waals surface area contributed by atoms with E-state index in [1.165, 1.54) is 18.3 Å². The van der Waals surface area contributed by atoms with Gasteiger partial charge in [0.25, 0.3) is 5.91 Å². The maximum absolute atomic E-state index is 12.9. The predicted molar refractivity (Wildman–Crippen MR) is 101 cm³/mol. The van der Waals surface area contributed by atoms with E-state index in [4.69, 9.17) is 11.6 Å². The zero-order chi connectivity index (χ0) is 18.4. The summed E-state index contributed by atoms with van der Waals surface area (Å²) in [6.45, 7) is 0.940. The quantitative estimate of drug-likeness (QED) is 0.676. The van der Waals surface area contributed by atoms with Gasteiger partial charge in [-0.05, 0) is 47.5 Å². The summed E-state index contributed by atoms with van der Waals surface area (Å²) in [6, 6.07) is 17.0. The minimum absolute atomic E-state index is 0.230. The van der Waals surface area contributed by atoms with Gasteiger partial charge in [-0.1, -0.05) is 35.9 Å². The molecule has 6 heteroatoms. The molecule has 0 aliphatic heterocycles. The minimum Gasteiger partial charge on any atom is -0.366 e. The fourth-order valence-corrected chi connectivity index (χ4v) is 2.44. The highest BCUT2D eigenvalue weighted by molar-refractivity contribution is 6.30. The molecule has 0 radical (unpaired) electrons. The van der Waals surface area contributed by atoms with Crippen LogP contribution in [0.4, 0.5) is 10.2 Å². The summed E-state index contributed by atoms with van der Waals surface area (Å²) in [4.78, 5) is 16.4. The lowest BCUT2D eigenvalue weighted by molar-refractivity contribution is 0.0950. The molecule has 0 saturated heterocycles. The summed E-state index contributed by atoms with van der Waals surface area (Å²) >= 11 is 5.86. The number of nitrogens with one attached hydrogen (secondary N) is 2. The first-order valence-electron chi connectivity index (χ1n) is 8.07.